The second kappa shape index (κ2) is 12.1. The molecule has 4 unspecified atom stereocenters. The minimum absolute atomic E-state index is 0.0977. The number of aliphatic hydroxyl groups excluding tert-OH is 4. The molecule has 4 aromatic carbocycles. The Labute approximate surface area is 207 Å². The van der Waals surface area contributed by atoms with E-state index in [1.165, 1.54) is 48.5 Å². The Balaban J connectivity index is 0.000000201. The summed E-state index contributed by atoms with van der Waals surface area (Å²) in [6.45, 7) is 0. The van der Waals surface area contributed by atoms with Gasteiger partial charge in [-0.3, -0.25) is 0 Å². The van der Waals surface area contributed by atoms with E-state index < -0.39 is 24.4 Å². The van der Waals surface area contributed by atoms with E-state index in [1.54, 1.807) is 48.5 Å². The number of hydrogen-bond acceptors (Lipinski definition) is 8. The fourth-order valence-corrected chi connectivity index (χ4v) is 3.63. The van der Waals surface area contributed by atoms with Crippen molar-refractivity contribution < 1.29 is 40.9 Å². The maximum atomic E-state index is 10.0. The molecule has 0 aliphatic carbocycles. The molecule has 0 spiro atoms. The fraction of sp³-hybridized carbons (Fsp3) is 0.143. The van der Waals surface area contributed by atoms with E-state index in [1.807, 2.05) is 0 Å². The largest absolute Gasteiger partial charge is 0.508 e. The molecule has 0 heterocycles. The fourth-order valence-electron chi connectivity index (χ4n) is 3.63. The molecule has 0 fully saturated rings. The standard InChI is InChI=1S/2C14H14O4/c2*15-11-7-3-1-5-9(11)13(17)14(18)10-6-2-4-8-12(10)16/h2*1-8,13-18H. The van der Waals surface area contributed by atoms with Crippen LogP contribution in [0.1, 0.15) is 46.7 Å². The van der Waals surface area contributed by atoms with Crippen LogP contribution in [0.15, 0.2) is 97.1 Å². The number of aromatic hydroxyl groups is 4. The highest BCUT2D eigenvalue weighted by atomic mass is 16.3. The SMILES string of the molecule is Oc1ccccc1C(O)C(O)c1ccccc1O.Oc1ccccc1C(O)C(O)c1ccccc1O. The lowest BCUT2D eigenvalue weighted by Gasteiger charge is -2.20. The van der Waals surface area contributed by atoms with E-state index in [2.05, 4.69) is 0 Å². The summed E-state index contributed by atoms with van der Waals surface area (Å²) < 4.78 is 0. The summed E-state index contributed by atoms with van der Waals surface area (Å²) in [7, 11) is 0. The molecular formula is C28H28O8. The highest BCUT2D eigenvalue weighted by Gasteiger charge is 2.25. The summed E-state index contributed by atoms with van der Waals surface area (Å²) in [5.74, 6) is -0.391. The lowest BCUT2D eigenvalue weighted by molar-refractivity contribution is 0.0145. The average molecular weight is 493 g/mol. The van der Waals surface area contributed by atoms with Gasteiger partial charge in [0.25, 0.3) is 0 Å². The maximum absolute atomic E-state index is 10.0. The number of para-hydroxylation sites is 4. The normalized spacial score (nSPS) is 14.1. The van der Waals surface area contributed by atoms with Gasteiger partial charge in [-0.25, -0.2) is 0 Å². The summed E-state index contributed by atoms with van der Waals surface area (Å²) in [6, 6.07) is 24.9. The molecule has 188 valence electrons. The molecule has 4 aromatic rings. The molecule has 4 rings (SSSR count). The molecule has 0 radical (unpaired) electrons. The van der Waals surface area contributed by atoms with Crippen molar-refractivity contribution >= 4 is 0 Å². The number of phenolic OH excluding ortho intramolecular Hbond substituents is 4. The van der Waals surface area contributed by atoms with Gasteiger partial charge in [0.05, 0.1) is 0 Å². The average Bonchev–Trinajstić information content (AvgIpc) is 2.88. The van der Waals surface area contributed by atoms with Crippen LogP contribution in [0, 0.1) is 0 Å². The first-order chi connectivity index (χ1) is 17.2. The molecule has 36 heavy (non-hydrogen) atoms. The lowest BCUT2D eigenvalue weighted by Crippen LogP contribution is -2.10. The highest BCUT2D eigenvalue weighted by molar-refractivity contribution is 5.40. The van der Waals surface area contributed by atoms with E-state index >= 15 is 0 Å². The van der Waals surface area contributed by atoms with Gasteiger partial charge in [0, 0.05) is 22.3 Å². The van der Waals surface area contributed by atoms with Gasteiger partial charge in [-0.05, 0) is 24.3 Å². The Kier molecular flexibility index (Phi) is 8.88. The Hall–Kier alpha value is -4.08. The summed E-state index contributed by atoms with van der Waals surface area (Å²) >= 11 is 0. The minimum atomic E-state index is -1.31. The minimum Gasteiger partial charge on any atom is -0.508 e. The maximum Gasteiger partial charge on any atom is 0.121 e. The third kappa shape index (κ3) is 6.12. The Morgan fingerprint density at radius 1 is 0.306 bits per heavy atom. The first-order valence-corrected chi connectivity index (χ1v) is 11.1. The van der Waals surface area contributed by atoms with Crippen LogP contribution in [0.2, 0.25) is 0 Å². The van der Waals surface area contributed by atoms with Crippen molar-refractivity contribution in [2.75, 3.05) is 0 Å². The van der Waals surface area contributed by atoms with Crippen LogP contribution in [-0.4, -0.2) is 40.9 Å². The zero-order valence-electron chi connectivity index (χ0n) is 19.1. The molecule has 0 amide bonds. The number of phenols is 4. The smallest absolute Gasteiger partial charge is 0.121 e. The van der Waals surface area contributed by atoms with Gasteiger partial charge in [-0.2, -0.15) is 0 Å². The predicted octanol–water partition coefficient (Wildman–Crippen LogP) is 3.73. The molecule has 0 saturated heterocycles. The quantitative estimate of drug-likeness (QED) is 0.202. The summed E-state index contributed by atoms with van der Waals surface area (Å²) in [5.41, 5.74) is 0.864. The van der Waals surface area contributed by atoms with E-state index in [4.69, 9.17) is 0 Å². The molecule has 8 nitrogen and oxygen atoms in total. The third-order valence-electron chi connectivity index (χ3n) is 5.62. The lowest BCUT2D eigenvalue weighted by atomic mass is 9.97. The van der Waals surface area contributed by atoms with Gasteiger partial charge in [-0.15, -0.1) is 0 Å². The van der Waals surface area contributed by atoms with Gasteiger partial charge in [-0.1, -0.05) is 72.8 Å². The van der Waals surface area contributed by atoms with E-state index in [0.717, 1.165) is 0 Å². The zero-order valence-corrected chi connectivity index (χ0v) is 19.1. The molecule has 0 aliphatic heterocycles. The van der Waals surface area contributed by atoms with Crippen LogP contribution in [0.4, 0.5) is 0 Å². The molecule has 0 saturated carbocycles. The van der Waals surface area contributed by atoms with Crippen LogP contribution in [0.3, 0.4) is 0 Å². The van der Waals surface area contributed by atoms with Crippen LogP contribution in [0.5, 0.6) is 23.0 Å². The molecule has 0 bridgehead atoms. The summed E-state index contributed by atoms with van der Waals surface area (Å²) in [4.78, 5) is 0. The number of benzene rings is 4. The Morgan fingerprint density at radius 2 is 0.472 bits per heavy atom. The third-order valence-corrected chi connectivity index (χ3v) is 5.62. The first kappa shape index (κ1) is 26.5. The second-order valence-corrected chi connectivity index (χ2v) is 8.01. The van der Waals surface area contributed by atoms with Gasteiger partial charge >= 0.3 is 0 Å². The van der Waals surface area contributed by atoms with Gasteiger partial charge in [0.15, 0.2) is 0 Å². The molecule has 8 N–H and O–H groups in total. The van der Waals surface area contributed by atoms with Crippen molar-refractivity contribution in [3.05, 3.63) is 119 Å². The highest BCUT2D eigenvalue weighted by Crippen LogP contribution is 2.37. The number of aliphatic hydroxyl groups is 4. The van der Waals surface area contributed by atoms with Crippen LogP contribution in [0.25, 0.3) is 0 Å². The Morgan fingerprint density at radius 3 is 0.639 bits per heavy atom. The van der Waals surface area contributed by atoms with Crippen molar-refractivity contribution in [2.45, 2.75) is 24.4 Å². The van der Waals surface area contributed by atoms with Gasteiger partial charge in [0.1, 0.15) is 47.4 Å². The number of rotatable bonds is 6. The molecule has 0 aromatic heterocycles. The predicted molar refractivity (Wildman–Crippen MR) is 132 cm³/mol. The number of hydrogen-bond donors (Lipinski definition) is 8. The van der Waals surface area contributed by atoms with Crippen molar-refractivity contribution in [3.63, 3.8) is 0 Å². The van der Waals surface area contributed by atoms with Crippen LogP contribution >= 0.6 is 0 Å². The molecule has 4 atom stereocenters. The molecule has 0 aliphatic rings. The van der Waals surface area contributed by atoms with E-state index in [-0.39, 0.29) is 45.3 Å². The summed E-state index contributed by atoms with van der Waals surface area (Å²) in [6.07, 6.45) is -5.22. The van der Waals surface area contributed by atoms with Crippen LogP contribution in [-0.2, 0) is 0 Å². The first-order valence-electron chi connectivity index (χ1n) is 11.1. The Bertz CT molecular complexity index is 1080. The van der Waals surface area contributed by atoms with Crippen molar-refractivity contribution in [1.29, 1.82) is 0 Å². The molecular weight excluding hydrogens is 464 g/mol. The van der Waals surface area contributed by atoms with Gasteiger partial charge in [0.2, 0.25) is 0 Å². The molecule has 8 heteroatoms. The second-order valence-electron chi connectivity index (χ2n) is 8.01. The zero-order chi connectivity index (χ0) is 26.2. The van der Waals surface area contributed by atoms with Crippen molar-refractivity contribution in [2.24, 2.45) is 0 Å². The van der Waals surface area contributed by atoms with Crippen molar-refractivity contribution in [3.8, 4) is 23.0 Å². The van der Waals surface area contributed by atoms with Gasteiger partial charge < -0.3 is 40.9 Å². The topological polar surface area (TPSA) is 162 Å². The summed E-state index contributed by atoms with van der Waals surface area (Å²) in [5, 5.41) is 78.6. The monoisotopic (exact) mass is 492 g/mol. The van der Waals surface area contributed by atoms with Crippen molar-refractivity contribution in [1.82, 2.24) is 0 Å². The van der Waals surface area contributed by atoms with E-state index in [0.29, 0.717) is 0 Å². The van der Waals surface area contributed by atoms with E-state index in [9.17, 15) is 40.9 Å². The van der Waals surface area contributed by atoms with Crippen LogP contribution < -0.4 is 0 Å².